The Bertz CT molecular complexity index is 425. The summed E-state index contributed by atoms with van der Waals surface area (Å²) in [5.74, 6) is -0.852. The Morgan fingerprint density at radius 2 is 1.82 bits per heavy atom. The Hall–Kier alpha value is -0.910. The summed E-state index contributed by atoms with van der Waals surface area (Å²) >= 11 is 1.50. The lowest BCUT2D eigenvalue weighted by Crippen LogP contribution is -2.29. The lowest BCUT2D eigenvalue weighted by molar-refractivity contribution is -0.136. The van der Waals surface area contributed by atoms with Crippen molar-refractivity contribution in [2.45, 2.75) is 45.2 Å². The summed E-state index contributed by atoms with van der Waals surface area (Å²) in [5, 5.41) is 8.90. The Kier molecular flexibility index (Phi) is 3.66. The second-order valence-electron chi connectivity index (χ2n) is 5.48. The standard InChI is InChI=1S/C12H20N2O2S/c1-11(2,13)8-5-7(6-9(15)16)10(17-8)12(3,4)14/h5H,6,13-14H2,1-4H3,(H,15,16). The summed E-state index contributed by atoms with van der Waals surface area (Å²) in [6, 6.07) is 1.86. The largest absolute Gasteiger partial charge is 0.481 e. The molecular weight excluding hydrogens is 236 g/mol. The molecule has 1 aromatic rings. The molecule has 0 saturated heterocycles. The van der Waals surface area contributed by atoms with Crippen LogP contribution in [0.15, 0.2) is 6.07 Å². The van der Waals surface area contributed by atoms with Crippen molar-refractivity contribution >= 4 is 17.3 Å². The van der Waals surface area contributed by atoms with E-state index in [1.54, 1.807) is 0 Å². The van der Waals surface area contributed by atoms with Crippen molar-refractivity contribution in [3.63, 3.8) is 0 Å². The highest BCUT2D eigenvalue weighted by molar-refractivity contribution is 7.12. The number of thiophene rings is 1. The fourth-order valence-corrected chi connectivity index (χ4v) is 2.80. The molecule has 0 spiro atoms. The summed E-state index contributed by atoms with van der Waals surface area (Å²) < 4.78 is 0. The van der Waals surface area contributed by atoms with E-state index in [0.29, 0.717) is 0 Å². The first-order chi connectivity index (χ1) is 7.51. The molecule has 1 aromatic heterocycles. The SMILES string of the molecule is CC(C)(N)c1cc(CC(=O)O)c(C(C)(C)N)s1. The van der Waals surface area contributed by atoms with Crippen LogP contribution in [0.1, 0.15) is 43.0 Å². The van der Waals surface area contributed by atoms with E-state index in [1.807, 2.05) is 33.8 Å². The van der Waals surface area contributed by atoms with Crippen LogP contribution in [0.5, 0.6) is 0 Å². The van der Waals surface area contributed by atoms with Gasteiger partial charge in [0.2, 0.25) is 0 Å². The summed E-state index contributed by atoms with van der Waals surface area (Å²) in [6.07, 6.45) is -0.0114. The molecule has 0 aliphatic heterocycles. The topological polar surface area (TPSA) is 89.3 Å². The summed E-state index contributed by atoms with van der Waals surface area (Å²) in [5.41, 5.74) is 11.9. The van der Waals surface area contributed by atoms with Crippen molar-refractivity contribution in [1.29, 1.82) is 0 Å². The van der Waals surface area contributed by atoms with Crippen LogP contribution >= 0.6 is 11.3 Å². The summed E-state index contributed by atoms with van der Waals surface area (Å²) in [7, 11) is 0. The Balaban J connectivity index is 3.27. The molecule has 5 heteroatoms. The number of carboxylic acid groups (broad SMARTS) is 1. The molecule has 96 valence electrons. The molecule has 0 unspecified atom stereocenters. The molecule has 0 aliphatic rings. The third-order valence-corrected chi connectivity index (χ3v) is 4.23. The molecule has 0 aliphatic carbocycles. The van der Waals surface area contributed by atoms with Gasteiger partial charge in [-0.25, -0.2) is 0 Å². The van der Waals surface area contributed by atoms with E-state index in [9.17, 15) is 4.79 Å². The molecule has 0 amide bonds. The first kappa shape index (κ1) is 14.2. The molecule has 0 bridgehead atoms. The maximum Gasteiger partial charge on any atom is 0.307 e. The highest BCUT2D eigenvalue weighted by Gasteiger charge is 2.27. The average Bonchev–Trinajstić information content (AvgIpc) is 2.44. The van der Waals surface area contributed by atoms with Crippen LogP contribution in [0.3, 0.4) is 0 Å². The highest BCUT2D eigenvalue weighted by Crippen LogP contribution is 2.35. The minimum absolute atomic E-state index is 0.0114. The molecular formula is C12H20N2O2S. The van der Waals surface area contributed by atoms with E-state index in [2.05, 4.69) is 0 Å². The summed E-state index contributed by atoms with van der Waals surface area (Å²) in [6.45, 7) is 7.54. The van der Waals surface area contributed by atoms with Crippen LogP contribution < -0.4 is 11.5 Å². The summed E-state index contributed by atoms with van der Waals surface area (Å²) in [4.78, 5) is 12.7. The van der Waals surface area contributed by atoms with Crippen LogP contribution in [-0.4, -0.2) is 11.1 Å². The lowest BCUT2D eigenvalue weighted by Gasteiger charge is -2.19. The predicted molar refractivity (Wildman–Crippen MR) is 70.1 cm³/mol. The maximum absolute atomic E-state index is 10.8. The van der Waals surface area contributed by atoms with Crippen molar-refractivity contribution in [3.8, 4) is 0 Å². The third-order valence-electron chi connectivity index (χ3n) is 2.37. The number of rotatable bonds is 4. The quantitative estimate of drug-likeness (QED) is 0.765. The Labute approximate surface area is 106 Å². The van der Waals surface area contributed by atoms with Gasteiger partial charge in [-0.2, -0.15) is 0 Å². The molecule has 4 nitrogen and oxygen atoms in total. The zero-order valence-corrected chi connectivity index (χ0v) is 11.5. The van der Waals surface area contributed by atoms with E-state index >= 15 is 0 Å². The zero-order valence-electron chi connectivity index (χ0n) is 10.7. The second-order valence-corrected chi connectivity index (χ2v) is 6.53. The van der Waals surface area contributed by atoms with Gasteiger partial charge < -0.3 is 16.6 Å². The molecule has 0 saturated carbocycles. The molecule has 17 heavy (non-hydrogen) atoms. The monoisotopic (exact) mass is 256 g/mol. The first-order valence-electron chi connectivity index (χ1n) is 5.45. The van der Waals surface area contributed by atoms with E-state index in [4.69, 9.17) is 16.6 Å². The minimum Gasteiger partial charge on any atom is -0.481 e. The van der Waals surface area contributed by atoms with Gasteiger partial charge in [0.05, 0.1) is 6.42 Å². The molecule has 0 radical (unpaired) electrons. The minimum atomic E-state index is -0.852. The Morgan fingerprint density at radius 3 is 2.18 bits per heavy atom. The number of carboxylic acids is 1. The van der Waals surface area contributed by atoms with Crippen LogP contribution in [0.25, 0.3) is 0 Å². The lowest BCUT2D eigenvalue weighted by atomic mass is 9.97. The van der Waals surface area contributed by atoms with Crippen LogP contribution in [0.2, 0.25) is 0 Å². The van der Waals surface area contributed by atoms with E-state index in [-0.39, 0.29) is 6.42 Å². The zero-order chi connectivity index (χ0) is 13.4. The van der Waals surface area contributed by atoms with Gasteiger partial charge in [0.15, 0.2) is 0 Å². The maximum atomic E-state index is 10.8. The van der Waals surface area contributed by atoms with Crippen molar-refractivity contribution < 1.29 is 9.90 Å². The van der Waals surface area contributed by atoms with Crippen LogP contribution in [0, 0.1) is 0 Å². The van der Waals surface area contributed by atoms with Gasteiger partial charge in [0, 0.05) is 20.8 Å². The molecule has 5 N–H and O–H groups in total. The van der Waals surface area contributed by atoms with Gasteiger partial charge in [-0.15, -0.1) is 11.3 Å². The second kappa shape index (κ2) is 4.40. The van der Waals surface area contributed by atoms with Gasteiger partial charge in [0.25, 0.3) is 0 Å². The molecule has 1 heterocycles. The fraction of sp³-hybridized carbons (Fsp3) is 0.583. The van der Waals surface area contributed by atoms with Crippen LogP contribution in [-0.2, 0) is 22.3 Å². The molecule has 0 aromatic carbocycles. The van der Waals surface area contributed by atoms with E-state index in [0.717, 1.165) is 15.3 Å². The van der Waals surface area contributed by atoms with E-state index in [1.165, 1.54) is 11.3 Å². The number of hydrogen-bond acceptors (Lipinski definition) is 4. The van der Waals surface area contributed by atoms with Crippen molar-refractivity contribution in [3.05, 3.63) is 21.4 Å². The molecule has 1 rings (SSSR count). The third kappa shape index (κ3) is 3.52. The first-order valence-corrected chi connectivity index (χ1v) is 6.26. The average molecular weight is 256 g/mol. The number of nitrogens with two attached hydrogens (primary N) is 2. The highest BCUT2D eigenvalue weighted by atomic mass is 32.1. The number of hydrogen-bond donors (Lipinski definition) is 3. The molecule has 0 atom stereocenters. The smallest absolute Gasteiger partial charge is 0.307 e. The van der Waals surface area contributed by atoms with Gasteiger partial charge in [-0.1, -0.05) is 0 Å². The fourth-order valence-electron chi connectivity index (χ4n) is 1.59. The molecule has 0 fully saturated rings. The van der Waals surface area contributed by atoms with Gasteiger partial charge >= 0.3 is 5.97 Å². The van der Waals surface area contributed by atoms with Gasteiger partial charge in [-0.3, -0.25) is 4.79 Å². The van der Waals surface area contributed by atoms with E-state index < -0.39 is 17.0 Å². The number of aliphatic carboxylic acids is 1. The Morgan fingerprint density at radius 1 is 1.29 bits per heavy atom. The van der Waals surface area contributed by atoms with Crippen molar-refractivity contribution in [1.82, 2.24) is 0 Å². The normalized spacial score (nSPS) is 12.8. The van der Waals surface area contributed by atoms with Crippen molar-refractivity contribution in [2.75, 3.05) is 0 Å². The van der Waals surface area contributed by atoms with Crippen molar-refractivity contribution in [2.24, 2.45) is 11.5 Å². The number of carbonyl (C=O) groups is 1. The van der Waals surface area contributed by atoms with Crippen LogP contribution in [0.4, 0.5) is 0 Å². The van der Waals surface area contributed by atoms with Gasteiger partial charge in [0.1, 0.15) is 0 Å². The van der Waals surface area contributed by atoms with Gasteiger partial charge in [-0.05, 0) is 39.3 Å². The predicted octanol–water partition coefficient (Wildman–Crippen LogP) is 1.76.